The number of nitrogens with one attached hydrogen (secondary N) is 1. The van der Waals surface area contributed by atoms with E-state index in [1.165, 1.54) is 0 Å². The average Bonchev–Trinajstić information content (AvgIpc) is 2.38. The third-order valence-corrected chi connectivity index (χ3v) is 2.59. The Labute approximate surface area is 107 Å². The summed E-state index contributed by atoms with van der Waals surface area (Å²) >= 11 is 0. The second-order valence-corrected chi connectivity index (χ2v) is 4.10. The summed E-state index contributed by atoms with van der Waals surface area (Å²) in [4.78, 5) is 4.34. The molecule has 2 rings (SSSR count). The van der Waals surface area contributed by atoms with Crippen LogP contribution in [0.5, 0.6) is 5.88 Å². The molecule has 1 heterocycles. The van der Waals surface area contributed by atoms with Crippen molar-refractivity contribution in [2.24, 2.45) is 5.73 Å². The number of aryl methyl sites for hydroxylation is 1. The van der Waals surface area contributed by atoms with Gasteiger partial charge in [-0.1, -0.05) is 12.1 Å². The van der Waals surface area contributed by atoms with Gasteiger partial charge < -0.3 is 15.8 Å². The Bertz CT molecular complexity index is 540. The van der Waals surface area contributed by atoms with E-state index in [4.69, 9.17) is 10.5 Å². The maximum absolute atomic E-state index is 5.62. The summed E-state index contributed by atoms with van der Waals surface area (Å²) in [6, 6.07) is 11.8. The van der Waals surface area contributed by atoms with Gasteiger partial charge in [0.15, 0.2) is 0 Å². The first-order chi connectivity index (χ1) is 8.71. The van der Waals surface area contributed by atoms with Crippen LogP contribution in [-0.4, -0.2) is 12.1 Å². The number of methoxy groups -OCH3 is 1. The van der Waals surface area contributed by atoms with E-state index >= 15 is 0 Å². The van der Waals surface area contributed by atoms with Gasteiger partial charge in [-0.2, -0.15) is 4.98 Å². The van der Waals surface area contributed by atoms with Gasteiger partial charge in [0.2, 0.25) is 5.88 Å². The Hall–Kier alpha value is -2.07. The van der Waals surface area contributed by atoms with Crippen LogP contribution in [0.4, 0.5) is 11.5 Å². The van der Waals surface area contributed by atoms with Gasteiger partial charge in [0.25, 0.3) is 0 Å². The van der Waals surface area contributed by atoms with Crippen LogP contribution in [0.2, 0.25) is 0 Å². The van der Waals surface area contributed by atoms with Gasteiger partial charge in [0.1, 0.15) is 5.82 Å². The number of ether oxygens (including phenoxy) is 1. The summed E-state index contributed by atoms with van der Waals surface area (Å²) in [6.07, 6.45) is 0. The molecule has 2 aromatic rings. The Balaban J connectivity index is 2.24. The summed E-state index contributed by atoms with van der Waals surface area (Å²) in [7, 11) is 1.61. The van der Waals surface area contributed by atoms with Gasteiger partial charge in [-0.3, -0.25) is 0 Å². The lowest BCUT2D eigenvalue weighted by Gasteiger charge is -2.09. The highest BCUT2D eigenvalue weighted by Gasteiger charge is 2.01. The lowest BCUT2D eigenvalue weighted by Crippen LogP contribution is -1.99. The summed E-state index contributed by atoms with van der Waals surface area (Å²) in [6.45, 7) is 2.53. The number of nitrogens with zero attached hydrogens (tertiary/aromatic N) is 1. The molecule has 1 aromatic carbocycles. The van der Waals surface area contributed by atoms with Gasteiger partial charge in [-0.05, 0) is 36.2 Å². The molecule has 0 saturated carbocycles. The minimum atomic E-state index is 0.528. The van der Waals surface area contributed by atoms with Crippen LogP contribution in [0.3, 0.4) is 0 Å². The second-order valence-electron chi connectivity index (χ2n) is 4.10. The molecule has 1 aromatic heterocycles. The monoisotopic (exact) mass is 243 g/mol. The molecule has 3 N–H and O–H groups in total. The zero-order valence-electron chi connectivity index (χ0n) is 10.6. The van der Waals surface area contributed by atoms with Gasteiger partial charge in [-0.25, -0.2) is 0 Å². The van der Waals surface area contributed by atoms with Crippen LogP contribution >= 0.6 is 0 Å². The van der Waals surface area contributed by atoms with Crippen LogP contribution in [0.25, 0.3) is 0 Å². The fraction of sp³-hybridized carbons (Fsp3) is 0.214. The van der Waals surface area contributed by atoms with E-state index in [-0.39, 0.29) is 0 Å². The van der Waals surface area contributed by atoms with Crippen molar-refractivity contribution in [2.45, 2.75) is 13.5 Å². The van der Waals surface area contributed by atoms with Crippen LogP contribution in [0, 0.1) is 6.92 Å². The van der Waals surface area contributed by atoms with E-state index < -0.39 is 0 Å². The molecule has 0 atom stereocenters. The highest BCUT2D eigenvalue weighted by molar-refractivity contribution is 5.58. The van der Waals surface area contributed by atoms with E-state index in [1.807, 2.05) is 43.3 Å². The average molecular weight is 243 g/mol. The van der Waals surface area contributed by atoms with Crippen LogP contribution in [0.15, 0.2) is 36.4 Å². The molecule has 0 unspecified atom stereocenters. The summed E-state index contributed by atoms with van der Waals surface area (Å²) in [5, 5.41) is 3.25. The van der Waals surface area contributed by atoms with Crippen molar-refractivity contribution in [1.82, 2.24) is 4.98 Å². The summed E-state index contributed by atoms with van der Waals surface area (Å²) in [5.41, 5.74) is 8.77. The van der Waals surface area contributed by atoms with E-state index in [1.54, 1.807) is 7.11 Å². The van der Waals surface area contributed by atoms with Crippen molar-refractivity contribution >= 4 is 11.5 Å². The minimum Gasteiger partial charge on any atom is -0.481 e. The third kappa shape index (κ3) is 2.99. The minimum absolute atomic E-state index is 0.528. The molecular formula is C14H17N3O. The Morgan fingerprint density at radius 1 is 1.28 bits per heavy atom. The molecule has 0 bridgehead atoms. The summed E-state index contributed by atoms with van der Waals surface area (Å²) in [5.74, 6) is 1.37. The van der Waals surface area contributed by atoms with E-state index in [2.05, 4.69) is 10.3 Å². The van der Waals surface area contributed by atoms with Crippen molar-refractivity contribution in [3.8, 4) is 5.88 Å². The quantitative estimate of drug-likeness (QED) is 0.866. The van der Waals surface area contributed by atoms with Crippen molar-refractivity contribution in [2.75, 3.05) is 12.4 Å². The fourth-order valence-electron chi connectivity index (χ4n) is 1.73. The number of nitrogens with two attached hydrogens (primary N) is 1. The predicted molar refractivity (Wildman–Crippen MR) is 73.1 cm³/mol. The number of benzene rings is 1. The van der Waals surface area contributed by atoms with Gasteiger partial charge >= 0.3 is 0 Å². The first-order valence-corrected chi connectivity index (χ1v) is 5.80. The van der Waals surface area contributed by atoms with E-state index in [0.29, 0.717) is 12.4 Å². The Morgan fingerprint density at radius 3 is 2.83 bits per heavy atom. The molecule has 18 heavy (non-hydrogen) atoms. The van der Waals surface area contributed by atoms with Gasteiger partial charge in [-0.15, -0.1) is 0 Å². The van der Waals surface area contributed by atoms with Crippen LogP contribution < -0.4 is 15.8 Å². The molecule has 0 aliphatic heterocycles. The van der Waals surface area contributed by atoms with Crippen molar-refractivity contribution < 1.29 is 4.74 Å². The third-order valence-electron chi connectivity index (χ3n) is 2.59. The normalized spacial score (nSPS) is 10.2. The summed E-state index contributed by atoms with van der Waals surface area (Å²) < 4.78 is 5.15. The maximum Gasteiger partial charge on any atom is 0.215 e. The highest BCUT2D eigenvalue weighted by Crippen LogP contribution is 2.20. The molecule has 0 fully saturated rings. The van der Waals surface area contributed by atoms with Gasteiger partial charge in [0.05, 0.1) is 7.11 Å². The molecule has 94 valence electrons. The molecule has 0 radical (unpaired) electrons. The Kier molecular flexibility index (Phi) is 3.79. The van der Waals surface area contributed by atoms with Crippen molar-refractivity contribution in [1.29, 1.82) is 0 Å². The molecule has 0 spiro atoms. The van der Waals surface area contributed by atoms with Gasteiger partial charge in [0, 0.05) is 18.3 Å². The number of anilines is 2. The Morgan fingerprint density at radius 2 is 2.11 bits per heavy atom. The molecule has 0 saturated heterocycles. The SMILES string of the molecule is COc1cc(C)cc(Nc2cccc(CN)c2)n1. The fourth-order valence-corrected chi connectivity index (χ4v) is 1.73. The van der Waals surface area contributed by atoms with E-state index in [0.717, 1.165) is 22.6 Å². The topological polar surface area (TPSA) is 60.2 Å². The molecule has 4 heteroatoms. The number of aromatic nitrogens is 1. The molecule has 4 nitrogen and oxygen atoms in total. The van der Waals surface area contributed by atoms with Crippen LogP contribution in [-0.2, 0) is 6.54 Å². The van der Waals surface area contributed by atoms with Crippen molar-refractivity contribution in [3.05, 3.63) is 47.5 Å². The lowest BCUT2D eigenvalue weighted by molar-refractivity contribution is 0.398. The smallest absolute Gasteiger partial charge is 0.215 e. The predicted octanol–water partition coefficient (Wildman–Crippen LogP) is 2.60. The molecule has 0 aliphatic rings. The van der Waals surface area contributed by atoms with E-state index in [9.17, 15) is 0 Å². The zero-order valence-corrected chi connectivity index (χ0v) is 10.6. The molecule has 0 amide bonds. The number of pyridine rings is 1. The number of rotatable bonds is 4. The largest absolute Gasteiger partial charge is 0.481 e. The lowest BCUT2D eigenvalue weighted by atomic mass is 10.2. The van der Waals surface area contributed by atoms with Crippen LogP contribution in [0.1, 0.15) is 11.1 Å². The standard InChI is InChI=1S/C14H17N3O/c1-10-6-13(17-14(7-10)18-2)16-12-5-3-4-11(8-12)9-15/h3-8H,9,15H2,1-2H3,(H,16,17). The first kappa shape index (κ1) is 12.4. The first-order valence-electron chi connectivity index (χ1n) is 5.80. The molecular weight excluding hydrogens is 226 g/mol. The second kappa shape index (κ2) is 5.51. The number of hydrogen-bond acceptors (Lipinski definition) is 4. The number of hydrogen-bond donors (Lipinski definition) is 2. The van der Waals surface area contributed by atoms with Crippen molar-refractivity contribution in [3.63, 3.8) is 0 Å². The highest BCUT2D eigenvalue weighted by atomic mass is 16.5. The zero-order chi connectivity index (χ0) is 13.0. The maximum atomic E-state index is 5.62. The molecule has 0 aliphatic carbocycles.